The molecule has 3 aromatic carbocycles. The molecule has 4 rings (SSSR count). The van der Waals surface area contributed by atoms with Crippen molar-refractivity contribution < 1.29 is 78.9 Å². The van der Waals surface area contributed by atoms with Gasteiger partial charge in [-0.25, -0.2) is 0 Å². The van der Waals surface area contributed by atoms with Crippen molar-refractivity contribution in [3.63, 3.8) is 0 Å². The predicted octanol–water partition coefficient (Wildman–Crippen LogP) is -3.90. The molecule has 0 saturated carbocycles. The average Bonchev–Trinajstić information content (AvgIpc) is 2.66. The first-order chi connectivity index (χ1) is 12.9. The van der Waals surface area contributed by atoms with Crippen molar-refractivity contribution in [1.29, 1.82) is 0 Å². The minimum absolute atomic E-state index is 0. The van der Waals surface area contributed by atoms with Crippen molar-refractivity contribution in [3.8, 4) is 17.2 Å². The van der Waals surface area contributed by atoms with E-state index in [4.69, 9.17) is 4.74 Å². The van der Waals surface area contributed by atoms with Crippen LogP contribution in [0.1, 0.15) is 21.5 Å². The minimum atomic E-state index is -1.26. The molecule has 0 unspecified atom stereocenters. The number of carboxylic acid groups (broad SMARTS) is 1. The molecule has 0 amide bonds. The number of hydrogen-bond donors (Lipinski definition) is 0. The number of carbonyl (C=O) groups excluding carboxylic acids is 1. The number of aromatic carboxylic acids is 1. The predicted molar refractivity (Wildman–Crippen MR) is 115 cm³/mol. The van der Waals surface area contributed by atoms with E-state index in [-0.39, 0.29) is 70.4 Å². The zero-order valence-electron chi connectivity index (χ0n) is 15.7. The van der Waals surface area contributed by atoms with Gasteiger partial charge in [-0.15, -0.1) is 0 Å². The summed E-state index contributed by atoms with van der Waals surface area (Å²) in [5.41, 5.74) is 1.97. The topological polar surface area (TPSA) is 72.4 Å². The summed E-state index contributed by atoms with van der Waals surface area (Å²) < 4.78 is 7.37. The van der Waals surface area contributed by atoms with Crippen molar-refractivity contribution >= 4 is 63.3 Å². The summed E-state index contributed by atoms with van der Waals surface area (Å²) in [4.78, 5) is 11.7. The second-order valence-electron chi connectivity index (χ2n) is 5.98. The van der Waals surface area contributed by atoms with Crippen molar-refractivity contribution in [2.45, 2.75) is 0 Å². The third kappa shape index (κ3) is 4.45. The summed E-state index contributed by atoms with van der Waals surface area (Å²) in [7, 11) is 0. The number of fused-ring (bicyclic) bond motifs is 2. The summed E-state index contributed by atoms with van der Waals surface area (Å²) >= 11 is 4.11. The normalized spacial score (nSPS) is 11.3. The Balaban J connectivity index is 0.00000150. The Kier molecular flexibility index (Phi) is 8.72. The molecule has 1 aliphatic heterocycles. The van der Waals surface area contributed by atoms with Crippen molar-refractivity contribution in [2.24, 2.45) is 0 Å². The van der Waals surface area contributed by atoms with Gasteiger partial charge in [-0.2, -0.15) is 0 Å². The Morgan fingerprint density at radius 2 is 1.59 bits per heavy atom. The molecule has 0 aromatic heterocycles. The minimum Gasteiger partial charge on any atom is -0.872 e. The molecule has 4 nitrogen and oxygen atoms in total. The van der Waals surface area contributed by atoms with E-state index in [9.17, 15) is 15.0 Å². The zero-order valence-corrected chi connectivity index (χ0v) is 24.0. The molecule has 3 aromatic rings. The van der Waals surface area contributed by atoms with E-state index < -0.39 is 5.97 Å². The molecule has 0 N–H and O–H groups in total. The van der Waals surface area contributed by atoms with Crippen LogP contribution in [0.25, 0.3) is 12.2 Å². The van der Waals surface area contributed by atoms with E-state index in [1.54, 1.807) is 24.3 Å². The van der Waals surface area contributed by atoms with E-state index >= 15 is 0 Å². The number of hydrogen-bond acceptors (Lipinski definition) is 4. The van der Waals surface area contributed by atoms with Crippen LogP contribution in [0.5, 0.6) is 17.2 Å². The van der Waals surface area contributed by atoms with Crippen LogP contribution in [0.2, 0.25) is 0 Å². The fraction of sp³-hybridized carbons (Fsp3) is 0. The summed E-state index contributed by atoms with van der Waals surface area (Å²) in [6.45, 7) is 4.00. The molecule has 0 spiro atoms. The van der Waals surface area contributed by atoms with Crippen LogP contribution >= 0.6 is 45.2 Å². The Bertz CT molecular complexity index is 1240. The molecule has 0 fully saturated rings. The number of rotatable bonds is 2. The molecule has 1 aliphatic rings. The van der Waals surface area contributed by atoms with E-state index in [2.05, 4.69) is 29.2 Å². The van der Waals surface area contributed by atoms with Crippen LogP contribution in [0, 0.1) is 7.14 Å². The van der Waals surface area contributed by atoms with E-state index in [1.807, 2.05) is 34.7 Å². The molecule has 0 bridgehead atoms. The quantitative estimate of drug-likeness (QED) is 0.169. The second-order valence-corrected chi connectivity index (χ2v) is 8.14. The van der Waals surface area contributed by atoms with Crippen LogP contribution in [-0.2, 0) is 0 Å². The zero-order chi connectivity index (χ0) is 19.3. The van der Waals surface area contributed by atoms with Gasteiger partial charge in [0, 0.05) is 25.5 Å². The third-order valence-electron chi connectivity index (χ3n) is 4.40. The first-order valence-corrected chi connectivity index (χ1v) is 10.1. The van der Waals surface area contributed by atoms with Gasteiger partial charge in [-0.3, -0.25) is 0 Å². The molecule has 0 saturated heterocycles. The standard InChI is InChI=1S/C21H12I2O4.2Na/c1-10-6-7-13-16(11-4-2-3-5-12(11)21(25)26)14-8-9-15(24)18(23)20(14)27-19(13)17(10)22;;/h2-9,24H,1H2,(H,25,26);;/q;2*+1/p-2. The van der Waals surface area contributed by atoms with Gasteiger partial charge in [0.2, 0.25) is 0 Å². The summed E-state index contributed by atoms with van der Waals surface area (Å²) in [5.74, 6) is -0.401. The van der Waals surface area contributed by atoms with Crippen molar-refractivity contribution in [2.75, 3.05) is 0 Å². The van der Waals surface area contributed by atoms with Gasteiger partial charge in [0.15, 0.2) is 0 Å². The molecule has 8 heteroatoms. The number of carbonyl (C=O) groups is 1. The van der Waals surface area contributed by atoms with Crippen LogP contribution in [0.3, 0.4) is 0 Å². The number of carboxylic acids is 1. The van der Waals surface area contributed by atoms with Gasteiger partial charge in [-0.1, -0.05) is 54.8 Å². The maximum atomic E-state index is 12.2. The van der Waals surface area contributed by atoms with Gasteiger partial charge in [0.1, 0.15) is 11.5 Å². The van der Waals surface area contributed by atoms with Gasteiger partial charge in [0.05, 0.1) is 9.54 Å². The number of benzene rings is 3. The first kappa shape index (κ1) is 25.2. The Labute approximate surface area is 238 Å². The summed E-state index contributed by atoms with van der Waals surface area (Å²) in [5, 5.41) is 25.4. The maximum Gasteiger partial charge on any atom is 1.00 e. The Morgan fingerprint density at radius 1 is 0.897 bits per heavy atom. The van der Waals surface area contributed by atoms with E-state index in [1.165, 1.54) is 12.1 Å². The van der Waals surface area contributed by atoms with Gasteiger partial charge >= 0.3 is 59.1 Å². The fourth-order valence-electron chi connectivity index (χ4n) is 3.14. The molecule has 29 heavy (non-hydrogen) atoms. The average molecular weight is 626 g/mol. The van der Waals surface area contributed by atoms with Gasteiger partial charge < -0.3 is 19.7 Å². The monoisotopic (exact) mass is 626 g/mol. The molecule has 134 valence electrons. The van der Waals surface area contributed by atoms with E-state index in [0.717, 1.165) is 14.0 Å². The van der Waals surface area contributed by atoms with Gasteiger partial charge in [-0.05, 0) is 62.0 Å². The molecular formula is C21H10I2Na2O4. The van der Waals surface area contributed by atoms with E-state index in [0.29, 0.717) is 31.8 Å². The SMILES string of the molecule is C=c1ccc2c(c1I)Oc1c(ccc([O-])c1I)C=2c1ccccc1C(=O)[O-].[Na+].[Na+]. The smallest absolute Gasteiger partial charge is 0.872 e. The summed E-state index contributed by atoms with van der Waals surface area (Å²) in [6.07, 6.45) is 0. The summed E-state index contributed by atoms with van der Waals surface area (Å²) in [6, 6.07) is 13.6. The fourth-order valence-corrected chi connectivity index (χ4v) is 4.31. The van der Waals surface area contributed by atoms with Crippen LogP contribution < -0.4 is 84.5 Å². The van der Waals surface area contributed by atoms with Crippen molar-refractivity contribution in [1.82, 2.24) is 0 Å². The maximum absolute atomic E-state index is 12.2. The number of halogens is 2. The third-order valence-corrected chi connectivity index (χ3v) is 6.60. The first-order valence-electron chi connectivity index (χ1n) is 7.90. The molecular weight excluding hydrogens is 616 g/mol. The molecule has 0 radical (unpaired) electrons. The molecule has 0 aliphatic carbocycles. The Hall–Kier alpha value is -0.0700. The molecule has 0 atom stereocenters. The van der Waals surface area contributed by atoms with Gasteiger partial charge in [0.25, 0.3) is 0 Å². The number of ether oxygens (including phenoxy) is 1. The van der Waals surface area contributed by atoms with Crippen molar-refractivity contribution in [3.05, 3.63) is 82.8 Å². The largest absolute Gasteiger partial charge is 1.00 e. The van der Waals surface area contributed by atoms with Crippen LogP contribution in [0.4, 0.5) is 0 Å². The van der Waals surface area contributed by atoms with Crippen LogP contribution in [0.15, 0.2) is 48.5 Å². The van der Waals surface area contributed by atoms with Crippen LogP contribution in [-0.4, -0.2) is 5.97 Å². The Morgan fingerprint density at radius 3 is 2.28 bits per heavy atom. The molecule has 1 heterocycles. The second kappa shape index (κ2) is 10.0.